The summed E-state index contributed by atoms with van der Waals surface area (Å²) in [5.41, 5.74) is 1.45. The smallest absolute Gasteiger partial charge is 0.316 e. The number of hydrogen-bond donors (Lipinski definition) is 1. The lowest BCUT2D eigenvalue weighted by Crippen LogP contribution is -2.14. The van der Waals surface area contributed by atoms with Gasteiger partial charge in [-0.1, -0.05) is 5.16 Å². The van der Waals surface area contributed by atoms with Crippen molar-refractivity contribution in [2.45, 2.75) is 20.8 Å². The maximum atomic E-state index is 12.0. The van der Waals surface area contributed by atoms with Crippen LogP contribution in [0.3, 0.4) is 0 Å². The van der Waals surface area contributed by atoms with Crippen molar-refractivity contribution in [3.63, 3.8) is 0 Å². The summed E-state index contributed by atoms with van der Waals surface area (Å²) in [5.74, 6) is 0.172. The minimum Gasteiger partial charge on any atom is -0.464 e. The van der Waals surface area contributed by atoms with Gasteiger partial charge < -0.3 is 14.6 Å². The minimum absolute atomic E-state index is 0.276. The van der Waals surface area contributed by atoms with Gasteiger partial charge in [0.15, 0.2) is 0 Å². The Hall–Kier alpha value is -2.44. The monoisotopic (exact) mass is 262 g/mol. The third-order valence-electron chi connectivity index (χ3n) is 2.42. The molecule has 0 unspecified atom stereocenters. The van der Waals surface area contributed by atoms with Crippen LogP contribution in [-0.2, 0) is 0 Å². The summed E-state index contributed by atoms with van der Waals surface area (Å²) in [4.78, 5) is 20.0. The molecule has 0 fully saturated rings. The third kappa shape index (κ3) is 2.87. The van der Waals surface area contributed by atoms with Gasteiger partial charge in [0.2, 0.25) is 0 Å². The zero-order chi connectivity index (χ0) is 13.8. The molecule has 7 nitrogen and oxygen atoms in total. The van der Waals surface area contributed by atoms with E-state index in [2.05, 4.69) is 20.4 Å². The van der Waals surface area contributed by atoms with Gasteiger partial charge in [-0.25, -0.2) is 9.97 Å². The molecule has 0 aromatic carbocycles. The largest absolute Gasteiger partial charge is 0.464 e. The molecule has 1 amide bonds. The van der Waals surface area contributed by atoms with E-state index in [-0.39, 0.29) is 11.9 Å². The van der Waals surface area contributed by atoms with Crippen LogP contribution in [0, 0.1) is 13.8 Å². The van der Waals surface area contributed by atoms with Crippen molar-refractivity contribution >= 4 is 11.6 Å². The number of nitrogens with one attached hydrogen (secondary N) is 1. The number of anilines is 1. The molecule has 0 bridgehead atoms. The fraction of sp³-hybridized carbons (Fsp3) is 0.333. The second-order valence-electron chi connectivity index (χ2n) is 3.84. The Morgan fingerprint density at radius 2 is 2.05 bits per heavy atom. The van der Waals surface area contributed by atoms with E-state index in [1.807, 2.05) is 6.92 Å². The van der Waals surface area contributed by atoms with Gasteiger partial charge in [-0.3, -0.25) is 4.79 Å². The molecule has 0 aliphatic rings. The first-order chi connectivity index (χ1) is 9.11. The van der Waals surface area contributed by atoms with Crippen LogP contribution in [0.4, 0.5) is 5.69 Å². The molecule has 100 valence electrons. The van der Waals surface area contributed by atoms with Crippen LogP contribution in [0.5, 0.6) is 6.01 Å². The average molecular weight is 262 g/mol. The molecule has 19 heavy (non-hydrogen) atoms. The Morgan fingerprint density at radius 1 is 1.37 bits per heavy atom. The molecule has 0 atom stereocenters. The first-order valence-corrected chi connectivity index (χ1v) is 5.81. The Kier molecular flexibility index (Phi) is 3.74. The highest BCUT2D eigenvalue weighted by molar-refractivity contribution is 6.05. The molecule has 2 aromatic heterocycles. The van der Waals surface area contributed by atoms with Gasteiger partial charge in [-0.15, -0.1) is 0 Å². The predicted octanol–water partition coefficient (Wildman–Crippen LogP) is 1.73. The fourth-order valence-electron chi connectivity index (χ4n) is 1.59. The first kappa shape index (κ1) is 13.0. The molecular formula is C12H14N4O3. The molecule has 0 saturated heterocycles. The molecule has 7 heteroatoms. The summed E-state index contributed by atoms with van der Waals surface area (Å²) >= 11 is 0. The molecule has 2 rings (SSSR count). The number of aryl methyl sites for hydroxylation is 2. The number of rotatable bonds is 4. The summed E-state index contributed by atoms with van der Waals surface area (Å²) in [5, 5.41) is 6.41. The second kappa shape index (κ2) is 5.47. The number of aromatic nitrogens is 3. The van der Waals surface area contributed by atoms with Crippen LogP contribution in [0.2, 0.25) is 0 Å². The second-order valence-corrected chi connectivity index (χ2v) is 3.84. The van der Waals surface area contributed by atoms with E-state index in [9.17, 15) is 4.79 Å². The minimum atomic E-state index is -0.302. The quantitative estimate of drug-likeness (QED) is 0.902. The average Bonchev–Trinajstić information content (AvgIpc) is 2.72. The summed E-state index contributed by atoms with van der Waals surface area (Å²) in [6, 6.07) is 0.276. The summed E-state index contributed by atoms with van der Waals surface area (Å²) < 4.78 is 10.1. The molecule has 0 saturated carbocycles. The predicted molar refractivity (Wildman–Crippen MR) is 67.1 cm³/mol. The molecule has 1 N–H and O–H groups in total. The lowest BCUT2D eigenvalue weighted by molar-refractivity contribution is 0.102. The van der Waals surface area contributed by atoms with E-state index in [1.165, 1.54) is 12.4 Å². The Morgan fingerprint density at radius 3 is 2.58 bits per heavy atom. The lowest BCUT2D eigenvalue weighted by Gasteiger charge is -2.05. The first-order valence-electron chi connectivity index (χ1n) is 5.81. The molecule has 0 spiro atoms. The third-order valence-corrected chi connectivity index (χ3v) is 2.42. The number of nitrogens with zero attached hydrogens (tertiary/aromatic N) is 3. The van der Waals surface area contributed by atoms with Crippen molar-refractivity contribution in [3.05, 3.63) is 29.4 Å². The summed E-state index contributed by atoms with van der Waals surface area (Å²) in [7, 11) is 0. The van der Waals surface area contributed by atoms with Gasteiger partial charge in [-0.2, -0.15) is 0 Å². The van der Waals surface area contributed by atoms with Crippen molar-refractivity contribution < 1.29 is 14.1 Å². The van der Waals surface area contributed by atoms with Crippen LogP contribution in [-0.4, -0.2) is 27.6 Å². The van der Waals surface area contributed by atoms with Crippen LogP contribution in [0.25, 0.3) is 0 Å². The summed E-state index contributed by atoms with van der Waals surface area (Å²) in [6.45, 7) is 5.73. The van der Waals surface area contributed by atoms with E-state index in [1.54, 1.807) is 13.8 Å². The zero-order valence-corrected chi connectivity index (χ0v) is 10.9. The van der Waals surface area contributed by atoms with Gasteiger partial charge in [0.25, 0.3) is 5.91 Å². The van der Waals surface area contributed by atoms with Gasteiger partial charge >= 0.3 is 6.01 Å². The van der Waals surface area contributed by atoms with E-state index >= 15 is 0 Å². The van der Waals surface area contributed by atoms with E-state index in [4.69, 9.17) is 9.26 Å². The Bertz CT molecular complexity index is 558. The van der Waals surface area contributed by atoms with Crippen LogP contribution < -0.4 is 10.1 Å². The molecule has 0 radical (unpaired) electrons. The maximum absolute atomic E-state index is 12.0. The molecular weight excluding hydrogens is 248 g/mol. The molecule has 0 aliphatic carbocycles. The van der Waals surface area contributed by atoms with Crippen LogP contribution in [0.1, 0.15) is 28.7 Å². The Balaban J connectivity index is 2.11. The highest BCUT2D eigenvalue weighted by atomic mass is 16.5. The van der Waals surface area contributed by atoms with Crippen molar-refractivity contribution in [2.75, 3.05) is 11.9 Å². The fourth-order valence-corrected chi connectivity index (χ4v) is 1.59. The number of hydrogen-bond acceptors (Lipinski definition) is 6. The van der Waals surface area contributed by atoms with E-state index in [0.29, 0.717) is 29.3 Å². The topological polar surface area (TPSA) is 90.1 Å². The van der Waals surface area contributed by atoms with E-state index in [0.717, 1.165) is 0 Å². The van der Waals surface area contributed by atoms with E-state index < -0.39 is 0 Å². The van der Waals surface area contributed by atoms with Crippen molar-refractivity contribution in [3.8, 4) is 6.01 Å². The number of amides is 1. The lowest BCUT2D eigenvalue weighted by atomic mass is 10.2. The van der Waals surface area contributed by atoms with Crippen molar-refractivity contribution in [1.82, 2.24) is 15.1 Å². The normalized spacial score (nSPS) is 10.3. The maximum Gasteiger partial charge on any atom is 0.316 e. The van der Waals surface area contributed by atoms with Crippen LogP contribution in [0.15, 0.2) is 16.9 Å². The number of carbonyl (C=O) groups is 1. The van der Waals surface area contributed by atoms with Gasteiger partial charge in [0, 0.05) is 0 Å². The number of carbonyl (C=O) groups excluding carboxylic acids is 1. The van der Waals surface area contributed by atoms with Crippen molar-refractivity contribution in [2.24, 2.45) is 0 Å². The van der Waals surface area contributed by atoms with Crippen molar-refractivity contribution in [1.29, 1.82) is 0 Å². The Labute approximate surface area is 110 Å². The molecule has 0 aliphatic heterocycles. The SMILES string of the molecule is CCOc1ncc(NC(=O)c2c(C)noc2C)cn1. The highest BCUT2D eigenvalue weighted by Crippen LogP contribution is 2.15. The van der Waals surface area contributed by atoms with Crippen LogP contribution >= 0.6 is 0 Å². The van der Waals surface area contributed by atoms with Gasteiger partial charge in [0.05, 0.1) is 30.4 Å². The molecule has 2 aromatic rings. The number of ether oxygens (including phenoxy) is 1. The van der Waals surface area contributed by atoms with Gasteiger partial charge in [0.1, 0.15) is 11.3 Å². The zero-order valence-electron chi connectivity index (χ0n) is 10.9. The highest BCUT2D eigenvalue weighted by Gasteiger charge is 2.17. The summed E-state index contributed by atoms with van der Waals surface area (Å²) in [6.07, 6.45) is 2.96. The van der Waals surface area contributed by atoms with Gasteiger partial charge in [-0.05, 0) is 20.8 Å². The molecule has 2 heterocycles. The standard InChI is InChI=1S/C12H14N4O3/c1-4-18-12-13-5-9(6-14-12)15-11(17)10-7(2)16-19-8(10)3/h5-6H,4H2,1-3H3,(H,15,17).